The molecule has 0 heterocycles. The summed E-state index contributed by atoms with van der Waals surface area (Å²) in [7, 11) is 0. The second kappa shape index (κ2) is 5.63. The molecular weight excluding hydrogens is 221 g/mol. The number of carbonyl (C=O) groups is 1. The van der Waals surface area contributed by atoms with Crippen molar-refractivity contribution in [2.75, 3.05) is 13.1 Å². The average Bonchev–Trinajstić information content (AvgIpc) is 2.26. The molecule has 4 N–H and O–H groups in total. The van der Waals surface area contributed by atoms with Crippen LogP contribution in [-0.2, 0) is 5.54 Å². The Labute approximate surface area is 100 Å². The molecule has 0 aromatic heterocycles. The van der Waals surface area contributed by atoms with Crippen molar-refractivity contribution in [2.45, 2.75) is 19.4 Å². The number of hydrogen-bond acceptors (Lipinski definition) is 2. The quantitative estimate of drug-likeness (QED) is 0.741. The Bertz CT molecular complexity index is 376. The highest BCUT2D eigenvalue weighted by molar-refractivity contribution is 5.74. The van der Waals surface area contributed by atoms with Crippen molar-refractivity contribution in [3.8, 4) is 0 Å². The van der Waals surface area contributed by atoms with E-state index in [1.165, 1.54) is 12.1 Å². The number of nitrogens with two attached hydrogens (primary N) is 1. The molecule has 0 saturated heterocycles. The van der Waals surface area contributed by atoms with Crippen molar-refractivity contribution in [1.82, 2.24) is 10.6 Å². The zero-order valence-corrected chi connectivity index (χ0v) is 10.1. The second-order valence-corrected chi connectivity index (χ2v) is 4.30. The van der Waals surface area contributed by atoms with Crippen molar-refractivity contribution in [3.05, 3.63) is 35.6 Å². The molecule has 0 saturated carbocycles. The van der Waals surface area contributed by atoms with E-state index in [-0.39, 0.29) is 11.8 Å². The van der Waals surface area contributed by atoms with E-state index in [4.69, 9.17) is 5.73 Å². The first kappa shape index (κ1) is 13.4. The lowest BCUT2D eigenvalue weighted by Gasteiger charge is -2.27. The summed E-state index contributed by atoms with van der Waals surface area (Å²) in [5, 5.41) is 5.42. The summed E-state index contributed by atoms with van der Waals surface area (Å²) in [5.41, 5.74) is 5.56. The summed E-state index contributed by atoms with van der Waals surface area (Å²) in [4.78, 5) is 11.5. The monoisotopic (exact) mass is 239 g/mol. The molecule has 0 atom stereocenters. The highest BCUT2D eigenvalue weighted by atomic mass is 19.1. The van der Waals surface area contributed by atoms with Gasteiger partial charge in [0.1, 0.15) is 5.82 Å². The summed E-state index contributed by atoms with van der Waals surface area (Å²) < 4.78 is 12.8. The molecule has 1 aromatic rings. The van der Waals surface area contributed by atoms with E-state index in [0.717, 1.165) is 5.56 Å². The van der Waals surface area contributed by atoms with Crippen LogP contribution in [0, 0.1) is 5.82 Å². The molecule has 0 aliphatic carbocycles. The number of urea groups is 1. The van der Waals surface area contributed by atoms with Crippen LogP contribution in [0.3, 0.4) is 0 Å². The van der Waals surface area contributed by atoms with Crippen LogP contribution in [0.2, 0.25) is 0 Å². The normalized spacial score (nSPS) is 11.1. The maximum absolute atomic E-state index is 12.8. The third kappa shape index (κ3) is 4.03. The molecule has 1 aromatic carbocycles. The summed E-state index contributed by atoms with van der Waals surface area (Å²) >= 11 is 0. The molecule has 4 nitrogen and oxygen atoms in total. The van der Waals surface area contributed by atoms with Gasteiger partial charge in [0, 0.05) is 13.1 Å². The highest BCUT2D eigenvalue weighted by Gasteiger charge is 2.22. The van der Waals surface area contributed by atoms with E-state index in [1.54, 1.807) is 12.1 Å². The van der Waals surface area contributed by atoms with Crippen LogP contribution >= 0.6 is 0 Å². The zero-order chi connectivity index (χ0) is 12.9. The third-order valence-electron chi connectivity index (χ3n) is 2.42. The van der Waals surface area contributed by atoms with Crippen molar-refractivity contribution in [2.24, 2.45) is 5.73 Å². The van der Waals surface area contributed by atoms with Gasteiger partial charge in [0.15, 0.2) is 0 Å². The molecule has 2 amide bonds. The van der Waals surface area contributed by atoms with Gasteiger partial charge in [-0.25, -0.2) is 9.18 Å². The van der Waals surface area contributed by atoms with E-state index in [1.807, 2.05) is 13.8 Å². The van der Waals surface area contributed by atoms with Crippen molar-refractivity contribution >= 4 is 6.03 Å². The van der Waals surface area contributed by atoms with Gasteiger partial charge in [0.2, 0.25) is 0 Å². The first-order valence-electron chi connectivity index (χ1n) is 5.48. The van der Waals surface area contributed by atoms with Crippen LogP contribution in [0.5, 0.6) is 0 Å². The number of halogens is 1. The van der Waals surface area contributed by atoms with Crippen LogP contribution in [0.1, 0.15) is 19.4 Å². The zero-order valence-electron chi connectivity index (χ0n) is 10.1. The molecule has 0 spiro atoms. The summed E-state index contributed by atoms with van der Waals surface area (Å²) in [6.07, 6.45) is 0. The lowest BCUT2D eigenvalue weighted by Crippen LogP contribution is -2.47. The van der Waals surface area contributed by atoms with Crippen LogP contribution in [0.4, 0.5) is 9.18 Å². The Balaban J connectivity index is 2.67. The van der Waals surface area contributed by atoms with Gasteiger partial charge in [-0.1, -0.05) is 12.1 Å². The van der Waals surface area contributed by atoms with Crippen LogP contribution in [0.15, 0.2) is 24.3 Å². The predicted octanol–water partition coefficient (Wildman–Crippen LogP) is 1.32. The van der Waals surface area contributed by atoms with E-state index in [2.05, 4.69) is 10.6 Å². The van der Waals surface area contributed by atoms with Gasteiger partial charge >= 0.3 is 6.03 Å². The number of hydrogen-bond donors (Lipinski definition) is 3. The summed E-state index contributed by atoms with van der Waals surface area (Å²) in [5.74, 6) is -0.294. The lowest BCUT2D eigenvalue weighted by atomic mass is 9.94. The number of carbonyl (C=O) groups excluding carboxylic acids is 1. The molecular formula is C12H18FN3O. The molecule has 17 heavy (non-hydrogen) atoms. The van der Waals surface area contributed by atoms with Gasteiger partial charge in [-0.05, 0) is 31.5 Å². The first-order chi connectivity index (χ1) is 7.95. The molecule has 0 aliphatic rings. The molecule has 0 aliphatic heterocycles. The fourth-order valence-corrected chi connectivity index (χ4v) is 1.45. The number of benzene rings is 1. The molecule has 0 bridgehead atoms. The van der Waals surface area contributed by atoms with Crippen LogP contribution < -0.4 is 16.4 Å². The Hall–Kier alpha value is -1.62. The Morgan fingerprint density at radius 2 is 1.94 bits per heavy atom. The van der Waals surface area contributed by atoms with Gasteiger partial charge < -0.3 is 16.4 Å². The predicted molar refractivity (Wildman–Crippen MR) is 65.0 cm³/mol. The largest absolute Gasteiger partial charge is 0.337 e. The fourth-order valence-electron chi connectivity index (χ4n) is 1.45. The molecule has 1 rings (SSSR count). The number of nitrogens with one attached hydrogen (secondary N) is 2. The van der Waals surface area contributed by atoms with Crippen LogP contribution in [-0.4, -0.2) is 19.1 Å². The van der Waals surface area contributed by atoms with E-state index >= 15 is 0 Å². The topological polar surface area (TPSA) is 67.2 Å². The minimum atomic E-state index is -0.563. The van der Waals surface area contributed by atoms with Gasteiger partial charge in [-0.15, -0.1) is 0 Å². The number of amides is 2. The molecule has 0 unspecified atom stereocenters. The van der Waals surface area contributed by atoms with Crippen LogP contribution in [0.25, 0.3) is 0 Å². The van der Waals surface area contributed by atoms with Crippen molar-refractivity contribution in [1.29, 1.82) is 0 Å². The minimum absolute atomic E-state index is 0.287. The minimum Gasteiger partial charge on any atom is -0.337 e. The van der Waals surface area contributed by atoms with Gasteiger partial charge in [-0.3, -0.25) is 0 Å². The number of rotatable bonds is 4. The lowest BCUT2D eigenvalue weighted by molar-refractivity contribution is 0.230. The van der Waals surface area contributed by atoms with E-state index < -0.39 is 5.54 Å². The maximum Gasteiger partial charge on any atom is 0.315 e. The fraction of sp³-hybridized carbons (Fsp3) is 0.417. The Morgan fingerprint density at radius 1 is 1.35 bits per heavy atom. The highest BCUT2D eigenvalue weighted by Crippen LogP contribution is 2.19. The Morgan fingerprint density at radius 3 is 2.47 bits per heavy atom. The van der Waals surface area contributed by atoms with Crippen molar-refractivity contribution < 1.29 is 9.18 Å². The van der Waals surface area contributed by atoms with E-state index in [0.29, 0.717) is 13.1 Å². The smallest absolute Gasteiger partial charge is 0.315 e. The molecule has 0 radical (unpaired) electrons. The maximum atomic E-state index is 12.8. The van der Waals surface area contributed by atoms with Gasteiger partial charge in [0.25, 0.3) is 0 Å². The standard InChI is InChI=1S/C12H18FN3O/c1-12(2,16-11(17)15-8-7-14)9-3-5-10(13)6-4-9/h3-6H,7-8,14H2,1-2H3,(H2,15,16,17). The van der Waals surface area contributed by atoms with Gasteiger partial charge in [-0.2, -0.15) is 0 Å². The first-order valence-corrected chi connectivity index (χ1v) is 5.48. The third-order valence-corrected chi connectivity index (χ3v) is 2.42. The van der Waals surface area contributed by atoms with Crippen molar-refractivity contribution in [3.63, 3.8) is 0 Å². The molecule has 5 heteroatoms. The summed E-state index contributed by atoms with van der Waals surface area (Å²) in [6.45, 7) is 4.51. The average molecular weight is 239 g/mol. The summed E-state index contributed by atoms with van der Waals surface area (Å²) in [6, 6.07) is 5.76. The Kier molecular flexibility index (Phi) is 4.45. The molecule has 94 valence electrons. The second-order valence-electron chi connectivity index (χ2n) is 4.30. The SMILES string of the molecule is CC(C)(NC(=O)NCCN)c1ccc(F)cc1. The van der Waals surface area contributed by atoms with E-state index in [9.17, 15) is 9.18 Å². The molecule has 0 fully saturated rings. The van der Waals surface area contributed by atoms with Gasteiger partial charge in [0.05, 0.1) is 5.54 Å².